The van der Waals surface area contributed by atoms with Crippen LogP contribution in [0, 0.1) is 0 Å². The largest absolute Gasteiger partial charge is 0.535 e. The van der Waals surface area contributed by atoms with E-state index in [2.05, 4.69) is 4.98 Å². The Morgan fingerprint density at radius 3 is 2.75 bits per heavy atom. The van der Waals surface area contributed by atoms with E-state index in [1.54, 1.807) is 17.9 Å². The van der Waals surface area contributed by atoms with E-state index >= 15 is 0 Å². The van der Waals surface area contributed by atoms with Gasteiger partial charge in [0, 0.05) is 44.3 Å². The maximum Gasteiger partial charge on any atom is 0.0349 e. The van der Waals surface area contributed by atoms with Crippen molar-refractivity contribution in [1.29, 1.82) is 0 Å². The summed E-state index contributed by atoms with van der Waals surface area (Å²) in [4.78, 5) is 13.3. The van der Waals surface area contributed by atoms with Gasteiger partial charge in [0.05, 0.1) is 0 Å². The van der Waals surface area contributed by atoms with Gasteiger partial charge >= 0.3 is 0 Å². The molecule has 0 amide bonds. The molecule has 8 heavy (non-hydrogen) atoms. The zero-order chi connectivity index (χ0) is 5.11. The molecule has 1 radical (unpaired) electrons. The van der Waals surface area contributed by atoms with Crippen LogP contribution in [0.4, 0.5) is 0 Å². The van der Waals surface area contributed by atoms with Crippen LogP contribution in [0.15, 0.2) is 11.6 Å². The second-order valence-corrected chi connectivity index (χ2v) is 1.83. The number of thiazole rings is 1. The molecular weight excluding hydrogens is 199 g/mol. The molecule has 1 aromatic rings. The second kappa shape index (κ2) is 4.30. The summed E-state index contributed by atoms with van der Waals surface area (Å²) in [6.07, 6.45) is 3.24. The van der Waals surface area contributed by atoms with Crippen molar-refractivity contribution >= 4 is 17.6 Å². The predicted octanol–water partition coefficient (Wildman–Crippen LogP) is 0.598. The Balaban J connectivity index is 0.000000490. The molecule has 0 saturated heterocycles. The molecule has 0 unspecified atom stereocenters. The van der Waals surface area contributed by atoms with E-state index < -0.39 is 0 Å². The number of carbonyl (C=O) groups excluding carboxylic acids is 1. The number of rotatable bonds is 1. The van der Waals surface area contributed by atoms with E-state index in [1.165, 1.54) is 11.3 Å². The van der Waals surface area contributed by atoms with Gasteiger partial charge in [0.25, 0.3) is 0 Å². The van der Waals surface area contributed by atoms with Crippen LogP contribution >= 0.6 is 11.3 Å². The zero-order valence-electron chi connectivity index (χ0n) is 4.00. The summed E-state index contributed by atoms with van der Waals surface area (Å²) in [5.74, 6) is 0. The molecule has 0 aliphatic rings. The summed E-state index contributed by atoms with van der Waals surface area (Å²) in [6, 6.07) is 0. The van der Waals surface area contributed by atoms with Gasteiger partial charge in [-0.05, 0) is 5.01 Å². The standard InChI is InChI=1S/C4H2NOS.Y/c6-3-4-5-1-2-7-4;/h1-2H;/q-1;. The Morgan fingerprint density at radius 1 is 1.75 bits per heavy atom. The summed E-state index contributed by atoms with van der Waals surface area (Å²) in [5, 5.41) is 2.15. The third-order valence-corrected chi connectivity index (χ3v) is 1.19. The Kier molecular flexibility index (Phi) is 4.52. The van der Waals surface area contributed by atoms with Crippen molar-refractivity contribution in [2.24, 2.45) is 0 Å². The first-order valence-corrected chi connectivity index (χ1v) is 2.59. The number of hydrogen-bond donors (Lipinski definition) is 0. The van der Waals surface area contributed by atoms with Crippen molar-refractivity contribution in [2.45, 2.75) is 0 Å². The molecular formula is C4H2NOSY-. The molecule has 2 nitrogen and oxygen atoms in total. The summed E-state index contributed by atoms with van der Waals surface area (Å²) < 4.78 is 0. The molecule has 0 N–H and O–H groups in total. The molecule has 0 bridgehead atoms. The van der Waals surface area contributed by atoms with Crippen LogP contribution < -0.4 is 0 Å². The molecule has 4 heteroatoms. The van der Waals surface area contributed by atoms with Gasteiger partial charge in [0.15, 0.2) is 0 Å². The van der Waals surface area contributed by atoms with Gasteiger partial charge in [0.2, 0.25) is 0 Å². The maximum absolute atomic E-state index is 9.69. The van der Waals surface area contributed by atoms with Gasteiger partial charge in [-0.2, -0.15) is 11.3 Å². The molecule has 0 spiro atoms. The molecule has 0 fully saturated rings. The summed E-state index contributed by atoms with van der Waals surface area (Å²) in [5.41, 5.74) is 0. The molecule has 1 rings (SSSR count). The third-order valence-electron chi connectivity index (χ3n) is 0.520. The topological polar surface area (TPSA) is 30.0 Å². The summed E-state index contributed by atoms with van der Waals surface area (Å²) in [6.45, 7) is 0. The Morgan fingerprint density at radius 2 is 2.50 bits per heavy atom. The van der Waals surface area contributed by atoms with Gasteiger partial charge in [-0.1, -0.05) is 0 Å². The van der Waals surface area contributed by atoms with Crippen molar-refractivity contribution in [3.63, 3.8) is 0 Å². The van der Waals surface area contributed by atoms with E-state index in [9.17, 15) is 4.79 Å². The van der Waals surface area contributed by atoms with E-state index in [4.69, 9.17) is 0 Å². The minimum atomic E-state index is 0. The average Bonchev–Trinajstić information content (AvgIpc) is 2.14. The summed E-state index contributed by atoms with van der Waals surface area (Å²) >= 11 is 1.29. The fourth-order valence-electron chi connectivity index (χ4n) is 0.274. The van der Waals surface area contributed by atoms with Crippen LogP contribution in [0.2, 0.25) is 0 Å². The van der Waals surface area contributed by atoms with Gasteiger partial charge in [0.1, 0.15) is 0 Å². The van der Waals surface area contributed by atoms with Crippen molar-refractivity contribution in [2.75, 3.05) is 0 Å². The van der Waals surface area contributed by atoms with Crippen LogP contribution in [0.3, 0.4) is 0 Å². The van der Waals surface area contributed by atoms with Gasteiger partial charge in [-0.3, -0.25) is 4.98 Å². The third kappa shape index (κ3) is 2.11. The van der Waals surface area contributed by atoms with Crippen LogP contribution in [0.5, 0.6) is 0 Å². The van der Waals surface area contributed by atoms with E-state index in [1.807, 2.05) is 0 Å². The van der Waals surface area contributed by atoms with E-state index in [0.29, 0.717) is 5.01 Å². The molecule has 0 aromatic carbocycles. The average molecular weight is 201 g/mol. The molecule has 0 saturated carbocycles. The van der Waals surface area contributed by atoms with Crippen LogP contribution in [-0.4, -0.2) is 11.3 Å². The Labute approximate surface area is 76.2 Å². The zero-order valence-corrected chi connectivity index (χ0v) is 7.65. The smallest absolute Gasteiger partial charge is 0.0349 e. The predicted molar refractivity (Wildman–Crippen MR) is 26.9 cm³/mol. The van der Waals surface area contributed by atoms with Crippen LogP contribution in [0.1, 0.15) is 5.01 Å². The van der Waals surface area contributed by atoms with Crippen molar-refractivity contribution in [1.82, 2.24) is 4.98 Å². The first-order valence-electron chi connectivity index (χ1n) is 1.71. The molecule has 0 aliphatic heterocycles. The maximum atomic E-state index is 9.69. The van der Waals surface area contributed by atoms with Crippen LogP contribution in [0.25, 0.3) is 0 Å². The Bertz CT molecular complexity index is 151. The molecule has 39 valence electrons. The fourth-order valence-corrected chi connectivity index (χ4v) is 0.694. The molecule has 1 aromatic heterocycles. The normalized spacial score (nSPS) is 7.50. The molecule has 0 aliphatic carbocycles. The van der Waals surface area contributed by atoms with Crippen molar-refractivity contribution in [3.8, 4) is 0 Å². The minimum absolute atomic E-state index is 0. The van der Waals surface area contributed by atoms with Crippen molar-refractivity contribution in [3.05, 3.63) is 16.6 Å². The van der Waals surface area contributed by atoms with Gasteiger partial charge < -0.3 is 4.79 Å². The van der Waals surface area contributed by atoms with E-state index in [0.717, 1.165) is 0 Å². The SMILES string of the molecule is O=[C-]c1nccs1.[Y]. The first-order chi connectivity index (χ1) is 3.43. The quantitative estimate of drug-likeness (QED) is 0.622. The van der Waals surface area contributed by atoms with Gasteiger partial charge in [-0.25, -0.2) is 6.29 Å². The molecule has 1 heterocycles. The van der Waals surface area contributed by atoms with Crippen molar-refractivity contribution < 1.29 is 37.5 Å². The number of aromatic nitrogens is 1. The fraction of sp³-hybridized carbons (Fsp3) is 0. The monoisotopic (exact) mass is 201 g/mol. The number of nitrogens with zero attached hydrogens (tertiary/aromatic N) is 1. The number of hydrogen-bond acceptors (Lipinski definition) is 3. The Hall–Kier alpha value is 0.404. The van der Waals surface area contributed by atoms with Crippen LogP contribution in [-0.2, 0) is 37.5 Å². The minimum Gasteiger partial charge on any atom is -0.535 e. The summed E-state index contributed by atoms with van der Waals surface area (Å²) in [7, 11) is 0. The first kappa shape index (κ1) is 8.40. The van der Waals surface area contributed by atoms with E-state index in [-0.39, 0.29) is 32.7 Å². The molecule has 0 atom stereocenters. The van der Waals surface area contributed by atoms with Gasteiger partial charge in [-0.15, -0.1) is 0 Å². The second-order valence-electron chi connectivity index (χ2n) is 0.939.